The van der Waals surface area contributed by atoms with Crippen LogP contribution in [-0.4, -0.2) is 45.5 Å². The highest BCUT2D eigenvalue weighted by Crippen LogP contribution is 2.25. The van der Waals surface area contributed by atoms with E-state index in [2.05, 4.69) is 10.3 Å². The number of carbonyl (C=O) groups is 2. The molecule has 0 aliphatic carbocycles. The first kappa shape index (κ1) is 22.6. The highest BCUT2D eigenvalue weighted by atomic mass is 16.3. The third-order valence-corrected chi connectivity index (χ3v) is 6.20. The number of amides is 2. The molecule has 1 aliphatic heterocycles. The van der Waals surface area contributed by atoms with Crippen LogP contribution in [0.15, 0.2) is 95.9 Å². The molecule has 1 fully saturated rings. The van der Waals surface area contributed by atoms with Crippen molar-refractivity contribution in [1.82, 2.24) is 15.2 Å². The van der Waals surface area contributed by atoms with Gasteiger partial charge in [0.2, 0.25) is 5.91 Å². The minimum atomic E-state index is -0.742. The minimum absolute atomic E-state index is 0.123. The topological polar surface area (TPSA) is 95.7 Å². The quantitative estimate of drug-likeness (QED) is 0.448. The maximum Gasteiger partial charge on any atom is 0.254 e. The van der Waals surface area contributed by atoms with Gasteiger partial charge in [-0.2, -0.15) is 0 Å². The third kappa shape index (κ3) is 5.00. The number of aliphatic hydroxyl groups excluding tert-OH is 1. The summed E-state index contributed by atoms with van der Waals surface area (Å²) in [5.74, 6) is 0.121. The Kier molecular flexibility index (Phi) is 6.41. The van der Waals surface area contributed by atoms with Crippen molar-refractivity contribution in [3.63, 3.8) is 0 Å². The van der Waals surface area contributed by atoms with E-state index in [-0.39, 0.29) is 24.8 Å². The van der Waals surface area contributed by atoms with Crippen molar-refractivity contribution in [2.24, 2.45) is 0 Å². The van der Waals surface area contributed by atoms with E-state index in [9.17, 15) is 14.7 Å². The average molecular weight is 468 g/mol. The molecule has 2 N–H and O–H groups in total. The maximum atomic E-state index is 13.3. The molecule has 0 radical (unpaired) electrons. The van der Waals surface area contributed by atoms with Gasteiger partial charge in [0.25, 0.3) is 5.91 Å². The first-order chi connectivity index (χ1) is 17.1. The van der Waals surface area contributed by atoms with E-state index in [1.807, 2.05) is 72.8 Å². The Morgan fingerprint density at radius 3 is 2.49 bits per heavy atom. The number of β-amino-alcohol motifs (C(OH)–C–C–N with tert-alkyl or cyclic N) is 1. The molecule has 35 heavy (non-hydrogen) atoms. The number of rotatable bonds is 6. The molecule has 0 saturated carbocycles. The van der Waals surface area contributed by atoms with E-state index in [0.29, 0.717) is 17.9 Å². The zero-order valence-electron chi connectivity index (χ0n) is 19.0. The van der Waals surface area contributed by atoms with Crippen LogP contribution in [0.3, 0.4) is 0 Å². The number of nitrogens with zero attached hydrogens (tertiary/aromatic N) is 2. The predicted octanol–water partition coefficient (Wildman–Crippen LogP) is 3.90. The lowest BCUT2D eigenvalue weighted by Gasteiger charge is -2.24. The Morgan fingerprint density at radius 2 is 1.74 bits per heavy atom. The van der Waals surface area contributed by atoms with Crippen LogP contribution in [0.4, 0.5) is 0 Å². The lowest BCUT2D eigenvalue weighted by Crippen LogP contribution is -2.45. The number of nitrogens with one attached hydrogen (secondary N) is 1. The summed E-state index contributed by atoms with van der Waals surface area (Å²) < 4.78 is 5.30. The van der Waals surface area contributed by atoms with Crippen LogP contribution < -0.4 is 5.32 Å². The summed E-state index contributed by atoms with van der Waals surface area (Å²) in [4.78, 5) is 31.7. The van der Waals surface area contributed by atoms with Crippen LogP contribution in [0.1, 0.15) is 22.3 Å². The van der Waals surface area contributed by atoms with E-state index in [1.54, 1.807) is 12.3 Å². The number of benzene rings is 3. The van der Waals surface area contributed by atoms with Crippen molar-refractivity contribution in [2.75, 3.05) is 6.54 Å². The van der Waals surface area contributed by atoms with Crippen molar-refractivity contribution in [3.05, 3.63) is 103 Å². The summed E-state index contributed by atoms with van der Waals surface area (Å²) in [7, 11) is 0. The number of likely N-dealkylation sites (tertiary alicyclic amines) is 1. The molecule has 7 heteroatoms. The molecule has 0 unspecified atom stereocenters. The molecule has 2 atom stereocenters. The molecule has 3 aromatic carbocycles. The molecule has 0 spiro atoms. The second-order valence-electron chi connectivity index (χ2n) is 8.59. The smallest absolute Gasteiger partial charge is 0.254 e. The number of hydrogen-bond donors (Lipinski definition) is 2. The molecule has 1 aromatic heterocycles. The fourth-order valence-electron chi connectivity index (χ4n) is 4.37. The first-order valence-corrected chi connectivity index (χ1v) is 11.5. The fourth-order valence-corrected chi connectivity index (χ4v) is 4.37. The zero-order valence-corrected chi connectivity index (χ0v) is 19.0. The van der Waals surface area contributed by atoms with E-state index >= 15 is 0 Å². The van der Waals surface area contributed by atoms with Crippen LogP contribution in [0.5, 0.6) is 0 Å². The summed E-state index contributed by atoms with van der Waals surface area (Å²) >= 11 is 0. The van der Waals surface area contributed by atoms with E-state index in [1.165, 1.54) is 11.3 Å². The lowest BCUT2D eigenvalue weighted by atomic mass is 10.0. The normalized spacial score (nSPS) is 17.3. The number of aromatic nitrogens is 1. The molecule has 0 bridgehead atoms. The van der Waals surface area contributed by atoms with Gasteiger partial charge in [0.05, 0.1) is 12.3 Å². The van der Waals surface area contributed by atoms with Gasteiger partial charge < -0.3 is 19.7 Å². The Balaban J connectivity index is 1.26. The van der Waals surface area contributed by atoms with Crippen molar-refractivity contribution in [2.45, 2.75) is 25.1 Å². The summed E-state index contributed by atoms with van der Waals surface area (Å²) in [5, 5.41) is 13.2. The van der Waals surface area contributed by atoms with Gasteiger partial charge in [0, 0.05) is 30.6 Å². The first-order valence-electron chi connectivity index (χ1n) is 11.5. The average Bonchev–Trinajstić information content (AvgIpc) is 3.58. The van der Waals surface area contributed by atoms with Crippen molar-refractivity contribution in [1.29, 1.82) is 0 Å². The Morgan fingerprint density at radius 1 is 0.971 bits per heavy atom. The lowest BCUT2D eigenvalue weighted by molar-refractivity contribution is -0.125. The summed E-state index contributed by atoms with van der Waals surface area (Å²) in [6, 6.07) is 24.0. The minimum Gasteiger partial charge on any atom is -0.444 e. The van der Waals surface area contributed by atoms with E-state index in [0.717, 1.165) is 22.3 Å². The number of carbonyl (C=O) groups excluding carboxylic acids is 2. The van der Waals surface area contributed by atoms with Crippen LogP contribution in [0, 0.1) is 0 Å². The second-order valence-corrected chi connectivity index (χ2v) is 8.59. The molecule has 5 rings (SSSR count). The van der Waals surface area contributed by atoms with Crippen LogP contribution in [0.2, 0.25) is 0 Å². The molecule has 176 valence electrons. The van der Waals surface area contributed by atoms with E-state index in [4.69, 9.17) is 4.42 Å². The highest BCUT2D eigenvalue weighted by molar-refractivity contribution is 5.99. The number of oxazole rings is 1. The van der Waals surface area contributed by atoms with Crippen LogP contribution >= 0.6 is 0 Å². The third-order valence-electron chi connectivity index (χ3n) is 6.20. The van der Waals surface area contributed by atoms with Gasteiger partial charge in [-0.1, -0.05) is 66.7 Å². The summed E-state index contributed by atoms with van der Waals surface area (Å²) in [6.45, 7) is 0.437. The monoisotopic (exact) mass is 467 g/mol. The molecular weight excluding hydrogens is 442 g/mol. The van der Waals surface area contributed by atoms with Gasteiger partial charge in [-0.3, -0.25) is 9.59 Å². The van der Waals surface area contributed by atoms with Gasteiger partial charge in [0.15, 0.2) is 12.2 Å². The molecule has 4 aromatic rings. The largest absolute Gasteiger partial charge is 0.444 e. The van der Waals surface area contributed by atoms with Crippen molar-refractivity contribution >= 4 is 11.8 Å². The summed E-state index contributed by atoms with van der Waals surface area (Å²) in [6.07, 6.45) is 2.49. The molecule has 2 amide bonds. The van der Waals surface area contributed by atoms with Crippen LogP contribution in [-0.2, 0) is 11.3 Å². The SMILES string of the molecule is O=C(NCc1ccc(-c2cnco2)cc1)[C@@H]1C[C@@H](O)CN1C(=O)c1cccc(-c2ccccc2)c1. The van der Waals surface area contributed by atoms with Crippen molar-refractivity contribution in [3.8, 4) is 22.5 Å². The van der Waals surface area contributed by atoms with E-state index < -0.39 is 12.1 Å². The van der Waals surface area contributed by atoms with Crippen LogP contribution in [0.25, 0.3) is 22.5 Å². The van der Waals surface area contributed by atoms with Gasteiger partial charge in [-0.15, -0.1) is 0 Å². The predicted molar refractivity (Wildman–Crippen MR) is 131 cm³/mol. The van der Waals surface area contributed by atoms with Gasteiger partial charge in [-0.05, 0) is 28.8 Å². The maximum absolute atomic E-state index is 13.3. The standard InChI is InChI=1S/C28H25N3O4/c32-24-14-25(27(33)30-15-19-9-11-21(12-10-19)26-16-29-18-35-26)31(17-24)28(34)23-8-4-7-22(13-23)20-5-2-1-3-6-20/h1-13,16,18,24-25,32H,14-15,17H2,(H,30,33)/t24-,25+/m1/s1. The Labute approximate surface area is 203 Å². The Bertz CT molecular complexity index is 1300. The molecule has 7 nitrogen and oxygen atoms in total. The van der Waals surface area contributed by atoms with Gasteiger partial charge >= 0.3 is 0 Å². The molecule has 1 saturated heterocycles. The highest BCUT2D eigenvalue weighted by Gasteiger charge is 2.39. The summed E-state index contributed by atoms with van der Waals surface area (Å²) in [5.41, 5.74) is 4.22. The zero-order chi connectivity index (χ0) is 24.2. The second kappa shape index (κ2) is 9.95. The fraction of sp³-hybridized carbons (Fsp3) is 0.179. The number of aliphatic hydroxyl groups is 1. The van der Waals surface area contributed by atoms with Gasteiger partial charge in [-0.25, -0.2) is 4.98 Å². The van der Waals surface area contributed by atoms with Crippen molar-refractivity contribution < 1.29 is 19.1 Å². The molecule has 2 heterocycles. The molecular formula is C28H25N3O4. The molecule has 1 aliphatic rings. The number of hydrogen-bond acceptors (Lipinski definition) is 5. The Hall–Kier alpha value is -4.23. The van der Waals surface area contributed by atoms with Gasteiger partial charge in [0.1, 0.15) is 6.04 Å².